The molecule has 2 nitrogen and oxygen atoms in total. The second-order valence-electron chi connectivity index (χ2n) is 3.34. The van der Waals surface area contributed by atoms with E-state index < -0.39 is 7.95 Å². The molecule has 0 aliphatic carbocycles. The lowest BCUT2D eigenvalue weighted by atomic mass is 10.2. The van der Waals surface area contributed by atoms with E-state index in [4.69, 9.17) is 0 Å². The Bertz CT molecular complexity index is 494. The summed E-state index contributed by atoms with van der Waals surface area (Å²) in [6.45, 7) is 0. The first kappa shape index (κ1) is 10.8. The van der Waals surface area contributed by atoms with Gasteiger partial charge in [0.15, 0.2) is 0 Å². The van der Waals surface area contributed by atoms with Crippen LogP contribution in [0.15, 0.2) is 65.4 Å². The summed E-state index contributed by atoms with van der Waals surface area (Å²) in [7, 11) is -2.05. The Kier molecular flexibility index (Phi) is 3.68. The van der Waals surface area contributed by atoms with E-state index in [0.717, 1.165) is 10.9 Å². The van der Waals surface area contributed by atoms with Gasteiger partial charge in [0.2, 0.25) is 7.95 Å². The molecule has 0 aromatic heterocycles. The third-order valence-electron chi connectivity index (χ3n) is 2.15. The predicted molar refractivity (Wildman–Crippen MR) is 69.1 cm³/mol. The van der Waals surface area contributed by atoms with Gasteiger partial charge in [-0.1, -0.05) is 48.5 Å². The summed E-state index contributed by atoms with van der Waals surface area (Å²) in [5.41, 5.74) is 0.969. The molecular weight excluding hydrogens is 217 g/mol. The van der Waals surface area contributed by atoms with Gasteiger partial charge in [0, 0.05) is 11.5 Å². The summed E-state index contributed by atoms with van der Waals surface area (Å²) < 4.78 is 15.9. The van der Waals surface area contributed by atoms with Crippen LogP contribution in [-0.4, -0.2) is 6.21 Å². The van der Waals surface area contributed by atoms with Crippen molar-refractivity contribution >= 4 is 19.5 Å². The first-order valence-electron chi connectivity index (χ1n) is 5.05. The average molecular weight is 229 g/mol. The van der Waals surface area contributed by atoms with E-state index in [1.165, 1.54) is 0 Å². The Morgan fingerprint density at radius 1 is 0.875 bits per heavy atom. The number of rotatable bonds is 3. The second-order valence-corrected chi connectivity index (χ2v) is 4.79. The van der Waals surface area contributed by atoms with Crippen LogP contribution in [-0.2, 0) is 4.57 Å². The molecule has 16 heavy (non-hydrogen) atoms. The van der Waals surface area contributed by atoms with Gasteiger partial charge in [-0.2, -0.15) is 0 Å². The summed E-state index contributed by atoms with van der Waals surface area (Å²) in [4.78, 5) is 0. The van der Waals surface area contributed by atoms with Crippen molar-refractivity contribution in [1.29, 1.82) is 0 Å². The molecule has 1 atom stereocenters. The van der Waals surface area contributed by atoms with Crippen LogP contribution >= 0.6 is 7.95 Å². The zero-order valence-corrected chi connectivity index (χ0v) is 9.71. The maximum absolute atomic E-state index is 11.8. The summed E-state index contributed by atoms with van der Waals surface area (Å²) in [5, 5.41) is 0.791. The third kappa shape index (κ3) is 2.91. The molecule has 0 amide bonds. The van der Waals surface area contributed by atoms with Gasteiger partial charge in [0.1, 0.15) is 0 Å². The van der Waals surface area contributed by atoms with Crippen LogP contribution in [0.2, 0.25) is 0 Å². The molecule has 0 heterocycles. The van der Waals surface area contributed by atoms with Crippen LogP contribution < -0.4 is 5.30 Å². The van der Waals surface area contributed by atoms with E-state index in [0.29, 0.717) is 0 Å². The molecule has 2 rings (SSSR count). The van der Waals surface area contributed by atoms with E-state index >= 15 is 0 Å². The van der Waals surface area contributed by atoms with Gasteiger partial charge in [-0.25, -0.2) is 4.76 Å². The number of nitrogens with zero attached hydrogens (tertiary/aromatic N) is 1. The zero-order chi connectivity index (χ0) is 11.2. The molecule has 0 aliphatic heterocycles. The smallest absolute Gasteiger partial charge is 0.207 e. The van der Waals surface area contributed by atoms with Crippen LogP contribution in [0, 0.1) is 0 Å². The van der Waals surface area contributed by atoms with Crippen LogP contribution in [0.1, 0.15) is 5.56 Å². The largest absolute Gasteiger partial charge is 0.297 e. The van der Waals surface area contributed by atoms with Gasteiger partial charge in [-0.3, -0.25) is 4.57 Å². The minimum absolute atomic E-state index is 0.791. The Hall–Kier alpha value is -1.66. The molecule has 0 N–H and O–H groups in total. The SMILES string of the molecule is O=[PH](/N=C\c1ccccc1)c1ccccc1. The average Bonchev–Trinajstić information content (AvgIpc) is 2.38. The van der Waals surface area contributed by atoms with Crippen molar-refractivity contribution in [2.75, 3.05) is 0 Å². The van der Waals surface area contributed by atoms with Gasteiger partial charge in [0.25, 0.3) is 0 Å². The van der Waals surface area contributed by atoms with Crippen molar-refractivity contribution < 1.29 is 4.57 Å². The Morgan fingerprint density at radius 3 is 2.06 bits per heavy atom. The minimum atomic E-state index is -2.05. The van der Waals surface area contributed by atoms with E-state index in [1.54, 1.807) is 6.21 Å². The van der Waals surface area contributed by atoms with Gasteiger partial charge >= 0.3 is 0 Å². The van der Waals surface area contributed by atoms with Crippen molar-refractivity contribution in [1.82, 2.24) is 0 Å². The Balaban J connectivity index is 2.12. The highest BCUT2D eigenvalue weighted by atomic mass is 31.1. The van der Waals surface area contributed by atoms with Gasteiger partial charge in [0.05, 0.1) is 0 Å². The van der Waals surface area contributed by atoms with Gasteiger partial charge in [-0.15, -0.1) is 0 Å². The van der Waals surface area contributed by atoms with Crippen LogP contribution in [0.3, 0.4) is 0 Å². The molecule has 0 saturated carbocycles. The summed E-state index contributed by atoms with van der Waals surface area (Å²) >= 11 is 0. The van der Waals surface area contributed by atoms with E-state index in [1.807, 2.05) is 60.7 Å². The molecule has 0 aliphatic rings. The zero-order valence-electron chi connectivity index (χ0n) is 8.71. The van der Waals surface area contributed by atoms with Gasteiger partial charge < -0.3 is 0 Å². The first-order chi connectivity index (χ1) is 7.86. The molecule has 80 valence electrons. The van der Waals surface area contributed by atoms with E-state index in [2.05, 4.69) is 4.76 Å². The number of hydrogen-bond donors (Lipinski definition) is 0. The fourth-order valence-electron chi connectivity index (χ4n) is 1.33. The highest BCUT2D eigenvalue weighted by Gasteiger charge is 1.97. The highest BCUT2D eigenvalue weighted by Crippen LogP contribution is 2.20. The summed E-state index contributed by atoms with van der Waals surface area (Å²) in [6.07, 6.45) is 1.66. The molecular formula is C13H12NOP. The molecule has 0 spiro atoms. The van der Waals surface area contributed by atoms with Crippen LogP contribution in [0.5, 0.6) is 0 Å². The predicted octanol–water partition coefficient (Wildman–Crippen LogP) is 2.91. The fourth-order valence-corrected chi connectivity index (χ4v) is 2.22. The molecule has 1 unspecified atom stereocenters. The highest BCUT2D eigenvalue weighted by molar-refractivity contribution is 7.52. The summed E-state index contributed by atoms with van der Waals surface area (Å²) in [5.74, 6) is 0. The lowest BCUT2D eigenvalue weighted by molar-refractivity contribution is 0.594. The monoisotopic (exact) mass is 229 g/mol. The van der Waals surface area contributed by atoms with Crippen LogP contribution in [0.4, 0.5) is 0 Å². The number of benzene rings is 2. The molecule has 0 saturated heterocycles. The van der Waals surface area contributed by atoms with Crippen molar-refractivity contribution in [3.05, 3.63) is 66.2 Å². The molecule has 2 aromatic rings. The normalized spacial score (nSPS) is 12.8. The Labute approximate surface area is 95.5 Å². The van der Waals surface area contributed by atoms with Crippen LogP contribution in [0.25, 0.3) is 0 Å². The van der Waals surface area contributed by atoms with Crippen molar-refractivity contribution in [2.24, 2.45) is 4.76 Å². The van der Waals surface area contributed by atoms with E-state index in [9.17, 15) is 4.57 Å². The van der Waals surface area contributed by atoms with Gasteiger partial charge in [-0.05, 0) is 17.7 Å². The Morgan fingerprint density at radius 2 is 1.44 bits per heavy atom. The van der Waals surface area contributed by atoms with Crippen molar-refractivity contribution in [3.8, 4) is 0 Å². The maximum atomic E-state index is 11.8. The molecule has 3 heteroatoms. The van der Waals surface area contributed by atoms with E-state index in [-0.39, 0.29) is 0 Å². The molecule has 0 fully saturated rings. The standard InChI is InChI=1S/C13H12NOP/c15-16(13-9-5-2-6-10-13)14-11-12-7-3-1-4-8-12/h1-11,16H/b14-11-. The van der Waals surface area contributed by atoms with Crippen molar-refractivity contribution in [2.45, 2.75) is 0 Å². The number of hydrogen-bond acceptors (Lipinski definition) is 1. The fraction of sp³-hybridized carbons (Fsp3) is 0. The minimum Gasteiger partial charge on any atom is -0.297 e. The topological polar surface area (TPSA) is 29.4 Å². The third-order valence-corrected chi connectivity index (χ3v) is 3.34. The molecule has 0 bridgehead atoms. The second kappa shape index (κ2) is 5.43. The lowest BCUT2D eigenvalue weighted by Crippen LogP contribution is -1.92. The first-order valence-corrected chi connectivity index (χ1v) is 6.40. The maximum Gasteiger partial charge on any atom is 0.207 e. The summed E-state index contributed by atoms with van der Waals surface area (Å²) in [6, 6.07) is 19.0. The van der Waals surface area contributed by atoms with Crippen molar-refractivity contribution in [3.63, 3.8) is 0 Å². The molecule has 0 radical (unpaired) electrons. The molecule has 2 aromatic carbocycles. The lowest BCUT2D eigenvalue weighted by Gasteiger charge is -1.95. The quantitative estimate of drug-likeness (QED) is 0.587.